The average Bonchev–Trinajstić information content (AvgIpc) is 3.23. The van der Waals surface area contributed by atoms with Crippen LogP contribution in [-0.2, 0) is 32.5 Å². The number of carbonyl (C=O) groups excluding carboxylic acids is 1. The van der Waals surface area contributed by atoms with E-state index in [1.807, 2.05) is 25.1 Å². The van der Waals surface area contributed by atoms with Crippen molar-refractivity contribution >= 4 is 16.1 Å². The minimum Gasteiger partial charge on any atom is -0.493 e. The van der Waals surface area contributed by atoms with Crippen molar-refractivity contribution in [2.75, 3.05) is 27.9 Å². The van der Waals surface area contributed by atoms with Crippen molar-refractivity contribution in [3.8, 4) is 23.0 Å². The predicted octanol–water partition coefficient (Wildman–Crippen LogP) is 4.36. The Hall–Kier alpha value is -3.72. The van der Waals surface area contributed by atoms with Crippen LogP contribution in [0.2, 0.25) is 0 Å². The molecule has 1 fully saturated rings. The Kier molecular flexibility index (Phi) is 7.92. The van der Waals surface area contributed by atoms with Gasteiger partial charge in [0, 0.05) is 5.92 Å². The number of rotatable bonds is 10. The van der Waals surface area contributed by atoms with Crippen LogP contribution >= 0.6 is 0 Å². The molecular formula is C28H30O8S. The molecule has 0 spiro atoms. The lowest BCUT2D eigenvalue weighted by Gasteiger charge is -2.17. The van der Waals surface area contributed by atoms with Crippen LogP contribution in [0.4, 0.5) is 0 Å². The minimum absolute atomic E-state index is 0.0329. The fraction of sp³-hybridized carbons (Fsp3) is 0.321. The van der Waals surface area contributed by atoms with Crippen LogP contribution in [0.1, 0.15) is 16.7 Å². The summed E-state index contributed by atoms with van der Waals surface area (Å²) < 4.78 is 52.4. The first-order valence-electron chi connectivity index (χ1n) is 11.8. The lowest BCUT2D eigenvalue weighted by molar-refractivity contribution is -0.141. The fourth-order valence-corrected chi connectivity index (χ4v) is 5.34. The summed E-state index contributed by atoms with van der Waals surface area (Å²) in [5.41, 5.74) is 2.75. The summed E-state index contributed by atoms with van der Waals surface area (Å²) >= 11 is 0. The van der Waals surface area contributed by atoms with Gasteiger partial charge in [-0.2, -0.15) is 8.42 Å². The highest BCUT2D eigenvalue weighted by Gasteiger charge is 2.37. The van der Waals surface area contributed by atoms with Gasteiger partial charge in [0.25, 0.3) is 0 Å². The Labute approximate surface area is 217 Å². The van der Waals surface area contributed by atoms with Crippen molar-refractivity contribution in [1.29, 1.82) is 0 Å². The van der Waals surface area contributed by atoms with Crippen molar-refractivity contribution in [3.05, 3.63) is 77.4 Å². The molecule has 9 heteroatoms. The Morgan fingerprint density at radius 1 is 0.784 bits per heavy atom. The number of carbonyl (C=O) groups is 1. The Bertz CT molecular complexity index is 1370. The van der Waals surface area contributed by atoms with E-state index in [4.69, 9.17) is 23.1 Å². The molecule has 4 rings (SSSR count). The van der Waals surface area contributed by atoms with E-state index in [9.17, 15) is 13.2 Å². The van der Waals surface area contributed by atoms with Crippen molar-refractivity contribution in [3.63, 3.8) is 0 Å². The van der Waals surface area contributed by atoms with E-state index in [1.165, 1.54) is 19.2 Å². The second-order valence-corrected chi connectivity index (χ2v) is 10.5. The molecular weight excluding hydrogens is 496 g/mol. The highest BCUT2D eigenvalue weighted by atomic mass is 32.2. The summed E-state index contributed by atoms with van der Waals surface area (Å²) in [6, 6.07) is 17.1. The smallest absolute Gasteiger partial charge is 0.339 e. The normalized spacial score (nSPS) is 17.2. The lowest BCUT2D eigenvalue weighted by atomic mass is 9.85. The summed E-state index contributed by atoms with van der Waals surface area (Å²) in [7, 11) is 0.570. The molecule has 3 aromatic carbocycles. The first kappa shape index (κ1) is 26.3. The lowest BCUT2D eigenvalue weighted by Crippen LogP contribution is -2.20. The monoisotopic (exact) mass is 526 g/mol. The molecule has 3 aromatic rings. The van der Waals surface area contributed by atoms with Crippen molar-refractivity contribution in [2.45, 2.75) is 24.7 Å². The van der Waals surface area contributed by atoms with E-state index in [2.05, 4.69) is 0 Å². The highest BCUT2D eigenvalue weighted by molar-refractivity contribution is 7.87. The molecule has 0 aromatic heterocycles. The Morgan fingerprint density at radius 3 is 1.97 bits per heavy atom. The SMILES string of the molecule is COc1ccc(C[C@H]2COC(=O)[C@@H]2Cc2ccc(OS(=O)(=O)c3ccc(C)cc3)c(OC)c2)cc1OC. The summed E-state index contributed by atoms with van der Waals surface area (Å²) in [4.78, 5) is 12.6. The Balaban J connectivity index is 1.50. The number of esters is 1. The number of aryl methyl sites for hydroxylation is 1. The van der Waals surface area contributed by atoms with Crippen LogP contribution in [-0.4, -0.2) is 42.3 Å². The van der Waals surface area contributed by atoms with E-state index in [1.54, 1.807) is 44.6 Å². The largest absolute Gasteiger partial charge is 0.493 e. The third-order valence-corrected chi connectivity index (χ3v) is 7.70. The van der Waals surface area contributed by atoms with Crippen LogP contribution in [0.25, 0.3) is 0 Å². The van der Waals surface area contributed by atoms with Crippen LogP contribution in [0.15, 0.2) is 65.6 Å². The van der Waals surface area contributed by atoms with Crippen LogP contribution in [0.3, 0.4) is 0 Å². The zero-order valence-corrected chi connectivity index (χ0v) is 22.0. The molecule has 0 unspecified atom stereocenters. The van der Waals surface area contributed by atoms with Gasteiger partial charge < -0.3 is 23.1 Å². The quantitative estimate of drug-likeness (QED) is 0.284. The molecule has 2 atom stereocenters. The van der Waals surface area contributed by atoms with E-state index >= 15 is 0 Å². The van der Waals surface area contributed by atoms with Gasteiger partial charge in [-0.25, -0.2) is 0 Å². The molecule has 196 valence electrons. The Morgan fingerprint density at radius 2 is 1.35 bits per heavy atom. The first-order chi connectivity index (χ1) is 17.7. The van der Waals surface area contributed by atoms with Gasteiger partial charge in [-0.1, -0.05) is 29.8 Å². The van der Waals surface area contributed by atoms with Crippen LogP contribution in [0.5, 0.6) is 23.0 Å². The topological polar surface area (TPSA) is 97.4 Å². The predicted molar refractivity (Wildman–Crippen MR) is 137 cm³/mol. The van der Waals surface area contributed by atoms with E-state index in [0.717, 1.165) is 16.7 Å². The van der Waals surface area contributed by atoms with Crippen molar-refractivity contribution in [2.24, 2.45) is 11.8 Å². The molecule has 0 N–H and O–H groups in total. The highest BCUT2D eigenvalue weighted by Crippen LogP contribution is 2.35. The summed E-state index contributed by atoms with van der Waals surface area (Å²) in [5.74, 6) is 0.948. The number of cyclic esters (lactones) is 1. The second-order valence-electron chi connectivity index (χ2n) is 8.93. The molecule has 1 aliphatic rings. The summed E-state index contributed by atoms with van der Waals surface area (Å²) in [6.07, 6.45) is 1.04. The van der Waals surface area contributed by atoms with Gasteiger partial charge in [0.05, 0.1) is 33.9 Å². The molecule has 37 heavy (non-hydrogen) atoms. The number of hydrogen-bond donors (Lipinski definition) is 0. The van der Waals surface area contributed by atoms with Gasteiger partial charge in [0.2, 0.25) is 0 Å². The second kappa shape index (κ2) is 11.1. The zero-order valence-electron chi connectivity index (χ0n) is 21.2. The van der Waals surface area contributed by atoms with E-state index in [0.29, 0.717) is 30.9 Å². The maximum atomic E-state index is 12.7. The molecule has 1 heterocycles. The zero-order chi connectivity index (χ0) is 26.6. The fourth-order valence-electron chi connectivity index (χ4n) is 4.40. The number of ether oxygens (including phenoxy) is 4. The van der Waals surface area contributed by atoms with E-state index < -0.39 is 10.1 Å². The van der Waals surface area contributed by atoms with E-state index in [-0.39, 0.29) is 34.2 Å². The molecule has 0 aliphatic carbocycles. The first-order valence-corrected chi connectivity index (χ1v) is 13.2. The summed E-state index contributed by atoms with van der Waals surface area (Å²) in [6.45, 7) is 2.20. The minimum atomic E-state index is -4.03. The van der Waals surface area contributed by atoms with Gasteiger partial charge in [-0.15, -0.1) is 0 Å². The van der Waals surface area contributed by atoms with Gasteiger partial charge >= 0.3 is 16.1 Å². The molecule has 0 amide bonds. The maximum Gasteiger partial charge on any atom is 0.339 e. The number of benzene rings is 3. The van der Waals surface area contributed by atoms with Crippen molar-refractivity contribution < 1.29 is 36.3 Å². The third kappa shape index (κ3) is 5.99. The van der Waals surface area contributed by atoms with Gasteiger partial charge in [0.1, 0.15) is 4.90 Å². The van der Waals surface area contributed by atoms with Gasteiger partial charge in [0.15, 0.2) is 23.0 Å². The molecule has 0 radical (unpaired) electrons. The standard InChI is InChI=1S/C28H30O8S/c1-18-5-9-22(10-6-18)37(30,31)36-25-12-8-20(16-27(25)34-4)14-23-21(17-35-28(23)29)13-19-7-11-24(32-2)26(15-19)33-3/h5-12,15-16,21,23H,13-14,17H2,1-4H3/t21-,23+/m0/s1. The van der Waals surface area contributed by atoms with Gasteiger partial charge in [-0.3, -0.25) is 4.79 Å². The maximum absolute atomic E-state index is 12.7. The average molecular weight is 527 g/mol. The van der Waals surface area contributed by atoms with Gasteiger partial charge in [-0.05, 0) is 67.3 Å². The van der Waals surface area contributed by atoms with Crippen LogP contribution in [0, 0.1) is 18.8 Å². The van der Waals surface area contributed by atoms with Crippen LogP contribution < -0.4 is 18.4 Å². The number of hydrogen-bond acceptors (Lipinski definition) is 8. The third-order valence-electron chi connectivity index (χ3n) is 6.45. The summed E-state index contributed by atoms with van der Waals surface area (Å²) in [5, 5.41) is 0. The number of methoxy groups -OCH3 is 3. The molecule has 1 aliphatic heterocycles. The van der Waals surface area contributed by atoms with Crippen molar-refractivity contribution in [1.82, 2.24) is 0 Å². The molecule has 8 nitrogen and oxygen atoms in total. The molecule has 0 bridgehead atoms. The molecule has 1 saturated heterocycles. The molecule has 0 saturated carbocycles.